The lowest BCUT2D eigenvalue weighted by atomic mass is 9.96. The van der Waals surface area contributed by atoms with Crippen LogP contribution in [0, 0.1) is 17.0 Å². The first-order valence-corrected chi connectivity index (χ1v) is 17.6. The Bertz CT molecular complexity index is 1910. The van der Waals surface area contributed by atoms with Crippen molar-refractivity contribution in [3.8, 4) is 11.3 Å². The molecule has 3 aromatic rings. The molecule has 2 fully saturated rings. The second kappa shape index (κ2) is 16.3. The molecule has 3 amide bonds. The van der Waals surface area contributed by atoms with Gasteiger partial charge in [-0.2, -0.15) is 0 Å². The number of halogens is 3. The van der Waals surface area contributed by atoms with Crippen LogP contribution in [0.3, 0.4) is 0 Å². The van der Waals surface area contributed by atoms with Crippen molar-refractivity contribution in [3.63, 3.8) is 0 Å². The van der Waals surface area contributed by atoms with Gasteiger partial charge in [-0.1, -0.05) is 17.7 Å². The molecule has 15 heteroatoms. The SMILES string of the molecule is COCCN(C)/C(C)=C(\C(C)=N)c1ccc(-c2cnc(C(=O)Nc3ccc(C(=O)N4CCN(C(=O)[C@@H]5CCC[NH+]5C)CC4)c(Cl)c3)n2C)c(F)c1F. The minimum Gasteiger partial charge on any atom is -0.383 e. The van der Waals surface area contributed by atoms with E-state index in [-0.39, 0.29) is 62.4 Å². The third-order valence-electron chi connectivity index (χ3n) is 10.1. The number of hydrogen-bond donors (Lipinski definition) is 3. The number of carbonyl (C=O) groups is 3. The third-order valence-corrected chi connectivity index (χ3v) is 10.4. The number of hydrogen-bond acceptors (Lipinski definition) is 7. The molecule has 12 nitrogen and oxygen atoms in total. The van der Waals surface area contributed by atoms with E-state index >= 15 is 8.78 Å². The van der Waals surface area contributed by atoms with E-state index in [9.17, 15) is 14.4 Å². The molecule has 1 aromatic heterocycles. The molecule has 2 aliphatic heterocycles. The van der Waals surface area contributed by atoms with E-state index in [1.165, 1.54) is 53.9 Å². The summed E-state index contributed by atoms with van der Waals surface area (Å²) in [7, 11) is 6.91. The number of piperazine rings is 1. The predicted octanol–water partition coefficient (Wildman–Crippen LogP) is 3.58. The third kappa shape index (κ3) is 7.88. The number of imidazole rings is 1. The molecule has 2 aliphatic rings. The van der Waals surface area contributed by atoms with Crippen LogP contribution in [0.25, 0.3) is 16.8 Å². The summed E-state index contributed by atoms with van der Waals surface area (Å²) in [4.78, 5) is 50.3. The largest absolute Gasteiger partial charge is 0.383 e. The van der Waals surface area contributed by atoms with Gasteiger partial charge in [0.15, 0.2) is 23.5 Å². The number of likely N-dealkylation sites (N-methyl/N-ethyl adjacent to an activating group) is 2. The van der Waals surface area contributed by atoms with Gasteiger partial charge in [0.2, 0.25) is 0 Å². The van der Waals surface area contributed by atoms with Gasteiger partial charge >= 0.3 is 0 Å². The second-order valence-corrected chi connectivity index (χ2v) is 13.8. The van der Waals surface area contributed by atoms with Crippen LogP contribution in [-0.4, -0.2) is 121 Å². The number of amides is 3. The molecule has 2 atom stereocenters. The van der Waals surface area contributed by atoms with Crippen molar-refractivity contribution in [1.82, 2.24) is 24.3 Å². The molecule has 278 valence electrons. The van der Waals surface area contributed by atoms with Gasteiger partial charge in [0.25, 0.3) is 17.7 Å². The van der Waals surface area contributed by atoms with Crippen LogP contribution in [-0.2, 0) is 16.6 Å². The highest BCUT2D eigenvalue weighted by molar-refractivity contribution is 6.34. The molecule has 1 unspecified atom stereocenters. The van der Waals surface area contributed by atoms with Gasteiger partial charge in [0, 0.05) is 101 Å². The number of carbonyl (C=O) groups excluding carboxylic acids is 3. The molecule has 3 N–H and O–H groups in total. The lowest BCUT2D eigenvalue weighted by molar-refractivity contribution is -0.882. The highest BCUT2D eigenvalue weighted by atomic mass is 35.5. The van der Waals surface area contributed by atoms with E-state index in [2.05, 4.69) is 10.3 Å². The maximum absolute atomic E-state index is 15.7. The minimum atomic E-state index is -1.14. The van der Waals surface area contributed by atoms with Crippen LogP contribution in [0.5, 0.6) is 0 Å². The summed E-state index contributed by atoms with van der Waals surface area (Å²) in [5.41, 5.74) is 1.51. The van der Waals surface area contributed by atoms with Gasteiger partial charge < -0.3 is 39.6 Å². The first-order chi connectivity index (χ1) is 24.7. The zero-order valence-electron chi connectivity index (χ0n) is 30.4. The number of ether oxygens (including phenoxy) is 1. The molecule has 52 heavy (non-hydrogen) atoms. The van der Waals surface area contributed by atoms with Crippen LogP contribution in [0.1, 0.15) is 53.2 Å². The zero-order chi connectivity index (χ0) is 37.9. The van der Waals surface area contributed by atoms with Crippen LogP contribution >= 0.6 is 11.6 Å². The zero-order valence-corrected chi connectivity index (χ0v) is 31.2. The molecule has 3 heterocycles. The highest BCUT2D eigenvalue weighted by Gasteiger charge is 2.37. The Kier molecular flexibility index (Phi) is 12.1. The number of rotatable bonds is 11. The maximum atomic E-state index is 15.7. The highest BCUT2D eigenvalue weighted by Crippen LogP contribution is 2.32. The van der Waals surface area contributed by atoms with Crippen LogP contribution in [0.2, 0.25) is 5.02 Å². The van der Waals surface area contributed by atoms with E-state index in [0.717, 1.165) is 19.4 Å². The lowest BCUT2D eigenvalue weighted by Gasteiger charge is -2.36. The summed E-state index contributed by atoms with van der Waals surface area (Å²) in [5.74, 6) is -3.08. The Hall–Kier alpha value is -4.66. The van der Waals surface area contributed by atoms with Crippen molar-refractivity contribution in [1.29, 1.82) is 5.41 Å². The van der Waals surface area contributed by atoms with E-state index in [1.807, 2.05) is 16.8 Å². The van der Waals surface area contributed by atoms with E-state index in [0.29, 0.717) is 50.7 Å². The minimum absolute atomic E-state index is 0.0185. The molecule has 2 aromatic carbocycles. The average molecular weight is 740 g/mol. The molecule has 0 aliphatic carbocycles. The van der Waals surface area contributed by atoms with Gasteiger partial charge in [-0.05, 0) is 38.1 Å². The second-order valence-electron chi connectivity index (χ2n) is 13.4. The average Bonchev–Trinajstić information content (AvgIpc) is 3.73. The molecular weight excluding hydrogens is 694 g/mol. The fraction of sp³-hybridized carbons (Fsp3) is 0.432. The normalized spacial score (nSPS) is 17.9. The number of aromatic nitrogens is 2. The van der Waals surface area contributed by atoms with E-state index in [1.54, 1.807) is 32.0 Å². The summed E-state index contributed by atoms with van der Waals surface area (Å²) in [5, 5.41) is 11.1. The summed E-state index contributed by atoms with van der Waals surface area (Å²) in [6.07, 6.45) is 3.20. The number of benzene rings is 2. The van der Waals surface area contributed by atoms with Crippen LogP contribution < -0.4 is 10.2 Å². The Morgan fingerprint density at radius 2 is 1.75 bits per heavy atom. The van der Waals surface area contributed by atoms with Gasteiger partial charge in [0.1, 0.15) is 0 Å². The smallest absolute Gasteiger partial charge is 0.291 e. The molecule has 0 bridgehead atoms. The predicted molar refractivity (Wildman–Crippen MR) is 196 cm³/mol. The first kappa shape index (κ1) is 38.6. The molecule has 0 saturated carbocycles. The summed E-state index contributed by atoms with van der Waals surface area (Å²) in [6, 6.07) is 7.36. The van der Waals surface area contributed by atoms with Gasteiger partial charge in [-0.25, -0.2) is 13.8 Å². The van der Waals surface area contributed by atoms with Gasteiger partial charge in [-0.3, -0.25) is 14.4 Å². The van der Waals surface area contributed by atoms with Crippen molar-refractivity contribution in [2.45, 2.75) is 32.7 Å². The molecule has 5 rings (SSSR count). The van der Waals surface area contributed by atoms with E-state index < -0.39 is 17.5 Å². The van der Waals surface area contributed by atoms with E-state index in [4.69, 9.17) is 21.7 Å². The number of methoxy groups -OCH3 is 1. The van der Waals surface area contributed by atoms with Crippen molar-refractivity contribution in [2.24, 2.45) is 7.05 Å². The Morgan fingerprint density at radius 1 is 1.08 bits per heavy atom. The number of nitrogens with zero attached hydrogens (tertiary/aromatic N) is 5. The molecule has 2 saturated heterocycles. The van der Waals surface area contributed by atoms with Crippen molar-refractivity contribution >= 4 is 46.3 Å². The fourth-order valence-electron chi connectivity index (χ4n) is 6.88. The van der Waals surface area contributed by atoms with Crippen LogP contribution in [0.4, 0.5) is 14.5 Å². The quantitative estimate of drug-likeness (QED) is 0.258. The molecule has 0 spiro atoms. The first-order valence-electron chi connectivity index (χ1n) is 17.2. The maximum Gasteiger partial charge on any atom is 0.291 e. The summed E-state index contributed by atoms with van der Waals surface area (Å²) < 4.78 is 37.8. The van der Waals surface area contributed by atoms with Crippen LogP contribution in [0.15, 0.2) is 42.2 Å². The van der Waals surface area contributed by atoms with Crippen molar-refractivity contribution in [3.05, 3.63) is 75.8 Å². The number of quaternary nitrogens is 1. The van der Waals surface area contributed by atoms with Crippen molar-refractivity contribution in [2.75, 3.05) is 72.4 Å². The number of anilines is 1. The lowest BCUT2D eigenvalue weighted by Crippen LogP contribution is -3.12. The number of nitrogens with one attached hydrogen (secondary N) is 3. The monoisotopic (exact) mass is 739 g/mol. The van der Waals surface area contributed by atoms with Crippen molar-refractivity contribution < 1.29 is 32.8 Å². The van der Waals surface area contributed by atoms with Gasteiger partial charge in [-0.15, -0.1) is 0 Å². The molecular formula is C37H46ClF2N8O4+. The number of likely N-dealkylation sites (tertiary alicyclic amines) is 1. The Morgan fingerprint density at radius 3 is 2.37 bits per heavy atom. The standard InChI is InChI=1S/C37H45ClF2N8O4/c1-22(41)31(23(2)44(3)18-19-52-6)27-12-11-26(32(39)33(27)40)30-21-42-34(46(30)5)35(49)43-24-9-10-25(28(38)20-24)36(50)47-14-16-48(17-15-47)37(51)29-8-7-13-45(29)4/h9-12,20-21,29,41H,7-8,13-19H2,1-6H3,(H,43,49)/p+1/b31-23+,41-22?/t29-/m0/s1. The number of allylic oxidation sites excluding steroid dienone is 2. The molecule has 0 radical (unpaired) electrons. The Balaban J connectivity index is 1.27. The summed E-state index contributed by atoms with van der Waals surface area (Å²) in [6.45, 7) is 6.87. The fourth-order valence-corrected chi connectivity index (χ4v) is 7.14. The summed E-state index contributed by atoms with van der Waals surface area (Å²) >= 11 is 6.53. The van der Waals surface area contributed by atoms with Gasteiger partial charge in [0.05, 0.1) is 42.7 Å². The Labute approximate surface area is 307 Å². The topological polar surface area (TPSA) is 128 Å².